The number of hydrogen-bond donors (Lipinski definition) is 0. The summed E-state index contributed by atoms with van der Waals surface area (Å²) in [6.07, 6.45) is 2.64. The number of pyridine rings is 1. The number of aromatic nitrogens is 5. The Kier molecular flexibility index (Phi) is 5.66. The molecule has 0 atom stereocenters. The van der Waals surface area contributed by atoms with Crippen molar-refractivity contribution in [2.45, 2.75) is 33.8 Å². The smallest absolute Gasteiger partial charge is 0.368 e. The van der Waals surface area contributed by atoms with Gasteiger partial charge in [-0.1, -0.05) is 19.1 Å². The molecule has 4 aromatic rings. The highest BCUT2D eigenvalue weighted by atomic mass is 16.5. The first-order valence-electron chi connectivity index (χ1n) is 10.2. The summed E-state index contributed by atoms with van der Waals surface area (Å²) in [5.41, 5.74) is 6.62. The Morgan fingerprint density at radius 2 is 1.87 bits per heavy atom. The molecule has 4 rings (SSSR count). The summed E-state index contributed by atoms with van der Waals surface area (Å²) in [4.78, 5) is 16.9. The van der Waals surface area contributed by atoms with Crippen LogP contribution >= 0.6 is 0 Å². The lowest BCUT2D eigenvalue weighted by Gasteiger charge is -2.16. The second-order valence-electron chi connectivity index (χ2n) is 7.55. The van der Waals surface area contributed by atoms with E-state index in [1.54, 1.807) is 7.05 Å². The third kappa shape index (κ3) is 4.12. The molecule has 2 heterocycles. The number of nitrogens with zero attached hydrogens (tertiary/aromatic N) is 5. The maximum atomic E-state index is 12.4. The van der Waals surface area contributed by atoms with E-state index in [1.165, 1.54) is 14.9 Å². The van der Waals surface area contributed by atoms with Gasteiger partial charge in [-0.15, -0.1) is 0 Å². The predicted octanol–water partition coefficient (Wildman–Crippen LogP) is 3.79. The Morgan fingerprint density at radius 1 is 1.03 bits per heavy atom. The first kappa shape index (κ1) is 20.5. The Hall–Kier alpha value is -3.74. The summed E-state index contributed by atoms with van der Waals surface area (Å²) >= 11 is 0. The van der Waals surface area contributed by atoms with Crippen molar-refractivity contribution in [2.24, 2.45) is 7.05 Å². The van der Waals surface area contributed by atoms with Crippen molar-refractivity contribution < 1.29 is 4.74 Å². The van der Waals surface area contributed by atoms with Gasteiger partial charge in [0.25, 0.3) is 0 Å². The first-order chi connectivity index (χ1) is 15.0. The van der Waals surface area contributed by atoms with E-state index in [-0.39, 0.29) is 5.69 Å². The number of tetrazole rings is 1. The van der Waals surface area contributed by atoms with Crippen molar-refractivity contribution in [3.63, 3.8) is 0 Å². The monoisotopic (exact) mass is 415 g/mol. The minimum atomic E-state index is -0.291. The van der Waals surface area contributed by atoms with Crippen LogP contribution in [0.1, 0.15) is 29.2 Å². The summed E-state index contributed by atoms with van der Waals surface area (Å²) in [5.74, 6) is 0.791. The van der Waals surface area contributed by atoms with Crippen LogP contribution in [0.5, 0.6) is 5.75 Å². The van der Waals surface area contributed by atoms with Gasteiger partial charge in [-0.05, 0) is 83.8 Å². The first-order valence-corrected chi connectivity index (χ1v) is 10.2. The van der Waals surface area contributed by atoms with E-state index >= 15 is 0 Å². The highest BCUT2D eigenvalue weighted by molar-refractivity contribution is 5.62. The molecule has 0 amide bonds. The standard InChI is InChI=1S/C24H25N5O2/c1-5-18-7-6-8-22(29-24(30)28(4)26-27-29)20(18)15-31-23-10-9-19(14-17(23)3)21-13-16(2)11-12-25-21/h6-14H,5,15H2,1-4H3. The van der Waals surface area contributed by atoms with Crippen molar-refractivity contribution in [1.82, 2.24) is 24.8 Å². The van der Waals surface area contributed by atoms with Crippen LogP contribution in [0.25, 0.3) is 16.9 Å². The van der Waals surface area contributed by atoms with Gasteiger partial charge in [0, 0.05) is 24.4 Å². The van der Waals surface area contributed by atoms with E-state index in [4.69, 9.17) is 4.74 Å². The summed E-state index contributed by atoms with van der Waals surface area (Å²) in [5, 5.41) is 7.84. The molecule has 0 aliphatic heterocycles. The van der Waals surface area contributed by atoms with Gasteiger partial charge in [0.1, 0.15) is 12.4 Å². The molecule has 0 saturated heterocycles. The lowest BCUT2D eigenvalue weighted by atomic mass is 10.0. The molecule has 158 valence electrons. The summed E-state index contributed by atoms with van der Waals surface area (Å²) in [6, 6.07) is 16.0. The van der Waals surface area contributed by atoms with Gasteiger partial charge in [0.2, 0.25) is 0 Å². The molecule has 0 saturated carbocycles. The van der Waals surface area contributed by atoms with Crippen molar-refractivity contribution in [1.29, 1.82) is 0 Å². The fraction of sp³-hybridized carbons (Fsp3) is 0.250. The highest BCUT2D eigenvalue weighted by Gasteiger charge is 2.15. The molecule has 0 fully saturated rings. The minimum absolute atomic E-state index is 0.291. The normalized spacial score (nSPS) is 11.0. The number of rotatable bonds is 6. The Balaban J connectivity index is 1.64. The van der Waals surface area contributed by atoms with Crippen molar-refractivity contribution in [2.75, 3.05) is 0 Å². The summed E-state index contributed by atoms with van der Waals surface area (Å²) in [6.45, 7) is 6.48. The zero-order chi connectivity index (χ0) is 22.0. The van der Waals surface area contributed by atoms with Crippen molar-refractivity contribution in [3.8, 4) is 22.7 Å². The zero-order valence-electron chi connectivity index (χ0n) is 18.2. The number of hydrogen-bond acceptors (Lipinski definition) is 5. The minimum Gasteiger partial charge on any atom is -0.489 e. The summed E-state index contributed by atoms with van der Waals surface area (Å²) < 4.78 is 8.73. The molecule has 2 aromatic heterocycles. The second kappa shape index (κ2) is 8.55. The van der Waals surface area contributed by atoms with E-state index in [0.29, 0.717) is 12.3 Å². The van der Waals surface area contributed by atoms with Crippen molar-refractivity contribution in [3.05, 3.63) is 87.5 Å². The van der Waals surface area contributed by atoms with E-state index in [1.807, 2.05) is 49.5 Å². The molecule has 2 aromatic carbocycles. The van der Waals surface area contributed by atoms with Crippen LogP contribution in [-0.4, -0.2) is 24.8 Å². The molecule has 0 aliphatic rings. The molecular weight excluding hydrogens is 390 g/mol. The molecule has 0 radical (unpaired) electrons. The maximum Gasteiger partial charge on any atom is 0.368 e. The van der Waals surface area contributed by atoms with E-state index in [9.17, 15) is 4.79 Å². The third-order valence-corrected chi connectivity index (χ3v) is 5.34. The van der Waals surface area contributed by atoms with Gasteiger partial charge < -0.3 is 4.74 Å². The Labute approximate surface area is 180 Å². The molecule has 0 spiro atoms. The average molecular weight is 415 g/mol. The quantitative estimate of drug-likeness (QED) is 0.479. The molecule has 0 bridgehead atoms. The van der Waals surface area contributed by atoms with Crippen LogP contribution < -0.4 is 10.4 Å². The average Bonchev–Trinajstić information content (AvgIpc) is 3.10. The Morgan fingerprint density at radius 3 is 2.55 bits per heavy atom. The lowest BCUT2D eigenvalue weighted by Crippen LogP contribution is -2.23. The van der Waals surface area contributed by atoms with E-state index in [2.05, 4.69) is 41.4 Å². The molecule has 0 unspecified atom stereocenters. The van der Waals surface area contributed by atoms with Crippen LogP contribution in [-0.2, 0) is 20.1 Å². The topological polar surface area (TPSA) is 74.8 Å². The van der Waals surface area contributed by atoms with E-state index in [0.717, 1.165) is 40.1 Å². The molecule has 7 heteroatoms. The van der Waals surface area contributed by atoms with Crippen LogP contribution in [0.15, 0.2) is 59.5 Å². The molecule has 31 heavy (non-hydrogen) atoms. The zero-order valence-corrected chi connectivity index (χ0v) is 18.2. The SMILES string of the molecule is CCc1cccc(-n2nnn(C)c2=O)c1COc1ccc(-c2cc(C)ccn2)cc1C. The highest BCUT2D eigenvalue weighted by Crippen LogP contribution is 2.27. The van der Waals surface area contributed by atoms with Crippen LogP contribution in [0.3, 0.4) is 0 Å². The Bertz CT molecular complexity index is 1290. The van der Waals surface area contributed by atoms with Gasteiger partial charge >= 0.3 is 5.69 Å². The predicted molar refractivity (Wildman–Crippen MR) is 119 cm³/mol. The molecule has 0 N–H and O–H groups in total. The van der Waals surface area contributed by atoms with E-state index < -0.39 is 0 Å². The number of aryl methyl sites for hydroxylation is 4. The fourth-order valence-corrected chi connectivity index (χ4v) is 3.60. The fourth-order valence-electron chi connectivity index (χ4n) is 3.60. The van der Waals surface area contributed by atoms with Gasteiger partial charge in [-0.25, -0.2) is 4.79 Å². The van der Waals surface area contributed by atoms with Crippen molar-refractivity contribution >= 4 is 0 Å². The third-order valence-electron chi connectivity index (χ3n) is 5.34. The van der Waals surface area contributed by atoms with Gasteiger partial charge in [-0.2, -0.15) is 9.36 Å². The number of benzene rings is 2. The van der Waals surface area contributed by atoms with Crippen LogP contribution in [0.4, 0.5) is 0 Å². The van der Waals surface area contributed by atoms with Gasteiger partial charge in [-0.3, -0.25) is 4.98 Å². The van der Waals surface area contributed by atoms with Crippen LogP contribution in [0.2, 0.25) is 0 Å². The molecule has 7 nitrogen and oxygen atoms in total. The summed E-state index contributed by atoms with van der Waals surface area (Å²) in [7, 11) is 1.58. The largest absolute Gasteiger partial charge is 0.489 e. The van der Waals surface area contributed by atoms with Gasteiger partial charge in [0.05, 0.1) is 11.4 Å². The molecular formula is C24H25N5O2. The molecule has 0 aliphatic carbocycles. The van der Waals surface area contributed by atoms with Crippen LogP contribution in [0, 0.1) is 13.8 Å². The maximum absolute atomic E-state index is 12.4. The lowest BCUT2D eigenvalue weighted by molar-refractivity contribution is 0.302. The number of ether oxygens (including phenoxy) is 1. The van der Waals surface area contributed by atoms with Gasteiger partial charge in [0.15, 0.2) is 0 Å². The second-order valence-corrected chi connectivity index (χ2v) is 7.55.